The van der Waals surface area contributed by atoms with Crippen LogP contribution in [0.5, 0.6) is 0 Å². The summed E-state index contributed by atoms with van der Waals surface area (Å²) >= 11 is 0. The molecule has 0 unspecified atom stereocenters. The Hall–Kier alpha value is -2.96. The van der Waals surface area contributed by atoms with E-state index in [4.69, 9.17) is 0 Å². The largest absolute Gasteiger partial charge is 0.314 e. The Morgan fingerprint density at radius 2 is 2.04 bits per heavy atom. The lowest BCUT2D eigenvalue weighted by molar-refractivity contribution is -0.118. The molecule has 0 radical (unpaired) electrons. The highest BCUT2D eigenvalue weighted by molar-refractivity contribution is 5.81. The lowest BCUT2D eigenvalue weighted by Gasteiger charge is -2.05. The van der Waals surface area contributed by atoms with Crippen LogP contribution in [0.3, 0.4) is 0 Å². The van der Waals surface area contributed by atoms with E-state index in [1.54, 1.807) is 12.4 Å². The number of halogens is 2. The summed E-state index contributed by atoms with van der Waals surface area (Å²) in [6.07, 6.45) is 3.89. The number of aromatic nitrogens is 4. The SMILES string of the molecule is Cn1c(CCC(=O)Cc2ccc(F)cc2F)nnc1-c1cccnc1. The molecule has 0 aliphatic heterocycles. The fourth-order valence-corrected chi connectivity index (χ4v) is 2.54. The van der Waals surface area contributed by atoms with Crippen LogP contribution < -0.4 is 0 Å². The predicted octanol–water partition coefficient (Wildman–Crippen LogP) is 2.90. The van der Waals surface area contributed by atoms with Crippen LogP contribution in [-0.4, -0.2) is 25.5 Å². The van der Waals surface area contributed by atoms with Crippen molar-refractivity contribution in [2.45, 2.75) is 19.3 Å². The van der Waals surface area contributed by atoms with Gasteiger partial charge in [-0.1, -0.05) is 6.07 Å². The van der Waals surface area contributed by atoms with Crippen molar-refractivity contribution in [2.75, 3.05) is 0 Å². The molecule has 0 aliphatic carbocycles. The van der Waals surface area contributed by atoms with Crippen LogP contribution in [0.2, 0.25) is 0 Å². The number of hydrogen-bond acceptors (Lipinski definition) is 4. The van der Waals surface area contributed by atoms with E-state index in [2.05, 4.69) is 15.2 Å². The summed E-state index contributed by atoms with van der Waals surface area (Å²) in [4.78, 5) is 16.1. The minimum absolute atomic E-state index is 0.0700. The molecule has 1 aromatic carbocycles. The zero-order valence-electron chi connectivity index (χ0n) is 13.6. The number of nitrogens with zero attached hydrogens (tertiary/aromatic N) is 4. The minimum Gasteiger partial charge on any atom is -0.314 e. The van der Waals surface area contributed by atoms with E-state index >= 15 is 0 Å². The molecule has 0 bridgehead atoms. The molecule has 0 saturated heterocycles. The lowest BCUT2D eigenvalue weighted by atomic mass is 10.0. The van der Waals surface area contributed by atoms with Crippen LogP contribution in [0.15, 0.2) is 42.7 Å². The first-order valence-corrected chi connectivity index (χ1v) is 7.79. The third kappa shape index (κ3) is 3.93. The summed E-state index contributed by atoms with van der Waals surface area (Å²) in [6.45, 7) is 0. The smallest absolute Gasteiger partial charge is 0.165 e. The Labute approximate surface area is 143 Å². The molecule has 5 nitrogen and oxygen atoms in total. The van der Waals surface area contributed by atoms with Gasteiger partial charge in [-0.25, -0.2) is 8.78 Å². The van der Waals surface area contributed by atoms with Crippen molar-refractivity contribution in [1.29, 1.82) is 0 Å². The van der Waals surface area contributed by atoms with Gasteiger partial charge in [0.05, 0.1) is 0 Å². The topological polar surface area (TPSA) is 60.7 Å². The van der Waals surface area contributed by atoms with Crippen LogP contribution in [0.1, 0.15) is 17.8 Å². The van der Waals surface area contributed by atoms with Gasteiger partial charge in [0.1, 0.15) is 23.2 Å². The number of hydrogen-bond donors (Lipinski definition) is 0. The van der Waals surface area contributed by atoms with E-state index in [1.165, 1.54) is 6.07 Å². The molecule has 128 valence electrons. The van der Waals surface area contributed by atoms with Crippen LogP contribution in [-0.2, 0) is 24.7 Å². The first kappa shape index (κ1) is 16.9. The average Bonchev–Trinajstić information content (AvgIpc) is 2.97. The first-order chi connectivity index (χ1) is 12.0. The highest BCUT2D eigenvalue weighted by Gasteiger charge is 2.14. The molecular weight excluding hydrogens is 326 g/mol. The maximum Gasteiger partial charge on any atom is 0.165 e. The van der Waals surface area contributed by atoms with Gasteiger partial charge in [-0.15, -0.1) is 10.2 Å². The number of carbonyl (C=O) groups excluding carboxylic acids is 1. The molecular formula is C18H16F2N4O. The number of ketones is 1. The number of pyridine rings is 1. The van der Waals surface area contributed by atoms with Crippen molar-refractivity contribution in [3.63, 3.8) is 0 Å². The van der Waals surface area contributed by atoms with Gasteiger partial charge in [0.2, 0.25) is 0 Å². The normalized spacial score (nSPS) is 10.8. The fourth-order valence-electron chi connectivity index (χ4n) is 2.54. The van der Waals surface area contributed by atoms with Crippen molar-refractivity contribution >= 4 is 5.78 Å². The third-order valence-corrected chi connectivity index (χ3v) is 3.91. The van der Waals surface area contributed by atoms with Crippen molar-refractivity contribution in [3.05, 3.63) is 65.7 Å². The van der Waals surface area contributed by atoms with Crippen molar-refractivity contribution in [1.82, 2.24) is 19.7 Å². The molecule has 25 heavy (non-hydrogen) atoms. The van der Waals surface area contributed by atoms with Gasteiger partial charge in [-0.2, -0.15) is 0 Å². The first-order valence-electron chi connectivity index (χ1n) is 7.79. The third-order valence-electron chi connectivity index (χ3n) is 3.91. The van der Waals surface area contributed by atoms with Crippen molar-refractivity contribution in [2.24, 2.45) is 7.05 Å². The highest BCUT2D eigenvalue weighted by Crippen LogP contribution is 2.17. The Kier molecular flexibility index (Phi) is 4.92. The zero-order valence-corrected chi connectivity index (χ0v) is 13.6. The van der Waals surface area contributed by atoms with Gasteiger partial charge in [0.25, 0.3) is 0 Å². The zero-order chi connectivity index (χ0) is 17.8. The maximum absolute atomic E-state index is 13.6. The number of benzene rings is 1. The number of aryl methyl sites for hydroxylation is 1. The molecule has 3 aromatic rings. The maximum atomic E-state index is 13.6. The van der Waals surface area contributed by atoms with Gasteiger partial charge < -0.3 is 4.57 Å². The molecule has 0 atom stereocenters. The van der Waals surface area contributed by atoms with E-state index < -0.39 is 11.6 Å². The average molecular weight is 342 g/mol. The molecule has 2 aromatic heterocycles. The second kappa shape index (κ2) is 7.29. The van der Waals surface area contributed by atoms with E-state index in [9.17, 15) is 13.6 Å². The van der Waals surface area contributed by atoms with E-state index in [-0.39, 0.29) is 24.2 Å². The van der Waals surface area contributed by atoms with E-state index in [1.807, 2.05) is 23.7 Å². The van der Waals surface area contributed by atoms with Crippen molar-refractivity contribution in [3.8, 4) is 11.4 Å². The molecule has 2 heterocycles. The summed E-state index contributed by atoms with van der Waals surface area (Å²) in [7, 11) is 1.82. The summed E-state index contributed by atoms with van der Waals surface area (Å²) in [5.41, 5.74) is 1.03. The van der Waals surface area contributed by atoms with Gasteiger partial charge >= 0.3 is 0 Å². The number of carbonyl (C=O) groups is 1. The van der Waals surface area contributed by atoms with Crippen molar-refractivity contribution < 1.29 is 13.6 Å². The standard InChI is InChI=1S/C18H16F2N4O/c1-24-17(22-23-18(24)13-3-2-8-21-11-13)7-6-15(25)9-12-4-5-14(19)10-16(12)20/h2-5,8,10-11H,6-7,9H2,1H3. The molecule has 0 N–H and O–H groups in total. The summed E-state index contributed by atoms with van der Waals surface area (Å²) < 4.78 is 28.3. The summed E-state index contributed by atoms with van der Waals surface area (Å²) in [5, 5.41) is 8.24. The molecule has 0 fully saturated rings. The Bertz CT molecular complexity index is 893. The molecule has 7 heteroatoms. The number of Topliss-reactive ketones (excluding diaryl/α,β-unsaturated/α-hetero) is 1. The quantitative estimate of drug-likeness (QED) is 0.691. The monoisotopic (exact) mass is 342 g/mol. The van der Waals surface area contributed by atoms with Crippen LogP contribution in [0.25, 0.3) is 11.4 Å². The highest BCUT2D eigenvalue weighted by atomic mass is 19.1. The predicted molar refractivity (Wildman–Crippen MR) is 87.6 cm³/mol. The summed E-state index contributed by atoms with van der Waals surface area (Å²) in [5.74, 6) is -0.176. The van der Waals surface area contributed by atoms with Gasteiger partial charge in [-0.3, -0.25) is 9.78 Å². The van der Waals surface area contributed by atoms with Gasteiger partial charge in [0.15, 0.2) is 5.82 Å². The van der Waals surface area contributed by atoms with E-state index in [0.29, 0.717) is 18.1 Å². The van der Waals surface area contributed by atoms with E-state index in [0.717, 1.165) is 17.7 Å². The Balaban J connectivity index is 1.64. The molecule has 0 saturated carbocycles. The Morgan fingerprint density at radius 3 is 2.76 bits per heavy atom. The second-order valence-electron chi connectivity index (χ2n) is 5.69. The van der Waals surface area contributed by atoms with Crippen LogP contribution in [0, 0.1) is 11.6 Å². The van der Waals surface area contributed by atoms with Gasteiger partial charge in [0, 0.05) is 50.3 Å². The number of rotatable bonds is 6. The van der Waals surface area contributed by atoms with Crippen LogP contribution in [0.4, 0.5) is 8.78 Å². The molecule has 0 aliphatic rings. The lowest BCUT2D eigenvalue weighted by Crippen LogP contribution is -2.08. The minimum atomic E-state index is -0.703. The fraction of sp³-hybridized carbons (Fsp3) is 0.222. The summed E-state index contributed by atoms with van der Waals surface area (Å²) in [6, 6.07) is 6.92. The molecule has 3 rings (SSSR count). The van der Waals surface area contributed by atoms with Gasteiger partial charge in [-0.05, 0) is 23.8 Å². The molecule has 0 amide bonds. The Morgan fingerprint density at radius 1 is 1.20 bits per heavy atom. The molecule has 0 spiro atoms. The van der Waals surface area contributed by atoms with Crippen LogP contribution >= 0.6 is 0 Å². The second-order valence-corrected chi connectivity index (χ2v) is 5.69.